The van der Waals surface area contributed by atoms with E-state index in [9.17, 15) is 0 Å². The summed E-state index contributed by atoms with van der Waals surface area (Å²) in [5, 5.41) is 0. The predicted molar refractivity (Wildman–Crippen MR) is 101 cm³/mol. The Balaban J connectivity index is 2.95. The van der Waals surface area contributed by atoms with Crippen LogP contribution in [0.2, 0.25) is 0 Å². The van der Waals surface area contributed by atoms with Crippen LogP contribution in [0.3, 0.4) is 0 Å². The third kappa shape index (κ3) is 7.32. The SMILES string of the molecule is CCCc1cnc(N(CCC(C)(C)C)C(CCC)CCC)nc1. The van der Waals surface area contributed by atoms with Gasteiger partial charge in [0.05, 0.1) is 0 Å². The predicted octanol–water partition coefficient (Wildman–Crippen LogP) is 5.64. The number of hydrogen-bond donors (Lipinski definition) is 0. The summed E-state index contributed by atoms with van der Waals surface area (Å²) in [5.74, 6) is 0.918. The number of hydrogen-bond acceptors (Lipinski definition) is 3. The van der Waals surface area contributed by atoms with E-state index in [0.717, 1.165) is 31.8 Å². The Kier molecular flexibility index (Phi) is 8.57. The maximum absolute atomic E-state index is 4.70. The molecule has 0 N–H and O–H groups in total. The summed E-state index contributed by atoms with van der Waals surface area (Å²) in [5.41, 5.74) is 1.58. The second kappa shape index (κ2) is 9.89. The van der Waals surface area contributed by atoms with Crippen molar-refractivity contribution in [3.8, 4) is 0 Å². The molecule has 1 aromatic heterocycles. The molecule has 23 heavy (non-hydrogen) atoms. The molecule has 0 aliphatic rings. The van der Waals surface area contributed by atoms with Gasteiger partial charge in [0.2, 0.25) is 5.95 Å². The molecule has 0 atom stereocenters. The van der Waals surface area contributed by atoms with Gasteiger partial charge in [-0.1, -0.05) is 60.8 Å². The third-order valence-electron chi connectivity index (χ3n) is 4.27. The van der Waals surface area contributed by atoms with Gasteiger partial charge in [0.1, 0.15) is 0 Å². The molecule has 0 aliphatic carbocycles. The fourth-order valence-corrected chi connectivity index (χ4v) is 2.94. The summed E-state index contributed by atoms with van der Waals surface area (Å²) in [4.78, 5) is 11.9. The summed E-state index contributed by atoms with van der Waals surface area (Å²) in [6.07, 6.45) is 12.3. The lowest BCUT2D eigenvalue weighted by Gasteiger charge is -2.34. The van der Waals surface area contributed by atoms with Gasteiger partial charge in [-0.3, -0.25) is 0 Å². The van der Waals surface area contributed by atoms with Crippen molar-refractivity contribution in [1.82, 2.24) is 9.97 Å². The highest BCUT2D eigenvalue weighted by atomic mass is 15.3. The van der Waals surface area contributed by atoms with Gasteiger partial charge >= 0.3 is 0 Å². The van der Waals surface area contributed by atoms with Crippen molar-refractivity contribution in [2.75, 3.05) is 11.4 Å². The second-order valence-electron chi connectivity index (χ2n) is 7.88. The van der Waals surface area contributed by atoms with Crippen molar-refractivity contribution in [2.45, 2.75) is 92.5 Å². The van der Waals surface area contributed by atoms with Crippen molar-refractivity contribution in [3.63, 3.8) is 0 Å². The fraction of sp³-hybridized carbons (Fsp3) is 0.800. The summed E-state index contributed by atoms with van der Waals surface area (Å²) in [7, 11) is 0. The summed E-state index contributed by atoms with van der Waals surface area (Å²) >= 11 is 0. The van der Waals surface area contributed by atoms with Crippen LogP contribution in [0.1, 0.15) is 85.6 Å². The number of rotatable bonds is 10. The van der Waals surface area contributed by atoms with Gasteiger partial charge in [0.25, 0.3) is 0 Å². The first-order valence-corrected chi connectivity index (χ1v) is 9.48. The first-order valence-electron chi connectivity index (χ1n) is 9.48. The Hall–Kier alpha value is -1.12. The highest BCUT2D eigenvalue weighted by Gasteiger charge is 2.22. The maximum atomic E-state index is 4.70. The quantitative estimate of drug-likeness (QED) is 0.559. The number of anilines is 1. The van der Waals surface area contributed by atoms with Gasteiger partial charge in [-0.2, -0.15) is 0 Å². The first-order chi connectivity index (χ1) is 10.9. The maximum Gasteiger partial charge on any atom is 0.225 e. The molecule has 1 rings (SSSR count). The number of nitrogens with zero attached hydrogens (tertiary/aromatic N) is 3. The van der Waals surface area contributed by atoms with E-state index in [1.165, 1.54) is 31.2 Å². The molecule has 0 fully saturated rings. The van der Waals surface area contributed by atoms with Gasteiger partial charge in [-0.05, 0) is 36.7 Å². The molecule has 0 spiro atoms. The second-order valence-corrected chi connectivity index (χ2v) is 7.88. The fourth-order valence-electron chi connectivity index (χ4n) is 2.94. The van der Waals surface area contributed by atoms with E-state index in [0.29, 0.717) is 11.5 Å². The van der Waals surface area contributed by atoms with Gasteiger partial charge in [0.15, 0.2) is 0 Å². The van der Waals surface area contributed by atoms with Crippen LogP contribution < -0.4 is 4.90 Å². The molecule has 0 saturated carbocycles. The zero-order valence-corrected chi connectivity index (χ0v) is 16.2. The first kappa shape index (κ1) is 19.9. The highest BCUT2D eigenvalue weighted by molar-refractivity contribution is 5.32. The zero-order valence-electron chi connectivity index (χ0n) is 16.2. The Morgan fingerprint density at radius 3 is 1.96 bits per heavy atom. The van der Waals surface area contributed by atoms with Crippen LogP contribution in [0.15, 0.2) is 12.4 Å². The lowest BCUT2D eigenvalue weighted by Crippen LogP contribution is -2.38. The monoisotopic (exact) mass is 319 g/mol. The topological polar surface area (TPSA) is 29.0 Å². The van der Waals surface area contributed by atoms with Crippen LogP contribution in [-0.2, 0) is 6.42 Å². The normalized spacial score (nSPS) is 12.0. The number of aromatic nitrogens is 2. The molecular weight excluding hydrogens is 282 g/mol. The molecule has 0 amide bonds. The van der Waals surface area contributed by atoms with Gasteiger partial charge in [0, 0.05) is 25.0 Å². The van der Waals surface area contributed by atoms with Crippen molar-refractivity contribution >= 4 is 5.95 Å². The largest absolute Gasteiger partial charge is 0.338 e. The smallest absolute Gasteiger partial charge is 0.225 e. The van der Waals surface area contributed by atoms with E-state index >= 15 is 0 Å². The van der Waals surface area contributed by atoms with E-state index in [1.807, 2.05) is 12.4 Å². The van der Waals surface area contributed by atoms with Gasteiger partial charge < -0.3 is 4.90 Å². The average molecular weight is 320 g/mol. The van der Waals surface area contributed by atoms with Crippen molar-refractivity contribution in [2.24, 2.45) is 5.41 Å². The van der Waals surface area contributed by atoms with E-state index in [4.69, 9.17) is 9.97 Å². The van der Waals surface area contributed by atoms with E-state index in [2.05, 4.69) is 46.4 Å². The Morgan fingerprint density at radius 1 is 0.957 bits per heavy atom. The van der Waals surface area contributed by atoms with Crippen LogP contribution >= 0.6 is 0 Å². The Morgan fingerprint density at radius 2 is 1.52 bits per heavy atom. The van der Waals surface area contributed by atoms with E-state index in [1.54, 1.807) is 0 Å². The van der Waals surface area contributed by atoms with Crippen LogP contribution in [0.25, 0.3) is 0 Å². The summed E-state index contributed by atoms with van der Waals surface area (Å²) < 4.78 is 0. The molecule has 0 saturated heterocycles. The minimum absolute atomic E-state index is 0.337. The Labute approximate surface area is 143 Å². The molecule has 132 valence electrons. The summed E-state index contributed by atoms with van der Waals surface area (Å²) in [6.45, 7) is 14.7. The minimum Gasteiger partial charge on any atom is -0.338 e. The highest BCUT2D eigenvalue weighted by Crippen LogP contribution is 2.24. The lowest BCUT2D eigenvalue weighted by atomic mass is 9.91. The third-order valence-corrected chi connectivity index (χ3v) is 4.27. The molecule has 0 radical (unpaired) electrons. The van der Waals surface area contributed by atoms with Gasteiger partial charge in [-0.25, -0.2) is 9.97 Å². The average Bonchev–Trinajstić information content (AvgIpc) is 2.48. The standard InChI is InChI=1S/C20H37N3/c1-7-10-17-15-21-19(22-16-17)23(14-13-20(4,5)6)18(11-8-2)12-9-3/h15-16,18H,7-14H2,1-6H3. The molecule has 0 unspecified atom stereocenters. The molecule has 0 aliphatic heterocycles. The Bertz CT molecular complexity index is 414. The number of aryl methyl sites for hydroxylation is 1. The molecule has 1 aromatic rings. The van der Waals surface area contributed by atoms with E-state index < -0.39 is 0 Å². The van der Waals surface area contributed by atoms with Crippen LogP contribution in [-0.4, -0.2) is 22.6 Å². The van der Waals surface area contributed by atoms with Gasteiger partial charge in [-0.15, -0.1) is 0 Å². The summed E-state index contributed by atoms with van der Waals surface area (Å²) in [6, 6.07) is 0.560. The molecule has 1 heterocycles. The molecular formula is C20H37N3. The van der Waals surface area contributed by atoms with Crippen LogP contribution in [0.4, 0.5) is 5.95 Å². The van der Waals surface area contributed by atoms with Crippen LogP contribution in [0, 0.1) is 5.41 Å². The zero-order chi connectivity index (χ0) is 17.3. The van der Waals surface area contributed by atoms with Crippen molar-refractivity contribution < 1.29 is 0 Å². The lowest BCUT2D eigenvalue weighted by molar-refractivity contribution is 0.363. The molecule has 0 aromatic carbocycles. The van der Waals surface area contributed by atoms with Crippen molar-refractivity contribution in [1.29, 1.82) is 0 Å². The van der Waals surface area contributed by atoms with Crippen molar-refractivity contribution in [3.05, 3.63) is 18.0 Å². The molecule has 0 bridgehead atoms. The van der Waals surface area contributed by atoms with E-state index in [-0.39, 0.29) is 0 Å². The molecule has 3 nitrogen and oxygen atoms in total. The minimum atomic E-state index is 0.337. The van der Waals surface area contributed by atoms with Crippen LogP contribution in [0.5, 0.6) is 0 Å². The molecule has 3 heteroatoms.